The van der Waals surface area contributed by atoms with E-state index in [-0.39, 0.29) is 11.9 Å². The zero-order valence-electron chi connectivity index (χ0n) is 10.2. The molecule has 0 saturated carbocycles. The highest BCUT2D eigenvalue weighted by Crippen LogP contribution is 2.19. The van der Waals surface area contributed by atoms with Crippen molar-refractivity contribution in [1.29, 1.82) is 0 Å². The van der Waals surface area contributed by atoms with Crippen molar-refractivity contribution in [2.75, 3.05) is 5.75 Å². The van der Waals surface area contributed by atoms with Crippen molar-refractivity contribution in [3.05, 3.63) is 48.0 Å². The maximum absolute atomic E-state index is 13.0. The van der Waals surface area contributed by atoms with Gasteiger partial charge in [0, 0.05) is 29.9 Å². The Morgan fingerprint density at radius 2 is 2.33 bits per heavy atom. The van der Waals surface area contributed by atoms with Crippen molar-refractivity contribution < 1.29 is 4.39 Å². The van der Waals surface area contributed by atoms with Gasteiger partial charge in [-0.05, 0) is 30.2 Å². The average Bonchev–Trinajstić information content (AvgIpc) is 2.72. The molecule has 0 spiro atoms. The van der Waals surface area contributed by atoms with Crippen LogP contribution in [0.15, 0.2) is 41.6 Å². The van der Waals surface area contributed by atoms with E-state index in [4.69, 9.17) is 5.73 Å². The van der Waals surface area contributed by atoms with Crippen LogP contribution in [-0.2, 0) is 13.5 Å². The highest BCUT2D eigenvalue weighted by molar-refractivity contribution is 7.99. The second-order valence-corrected chi connectivity index (χ2v) is 5.35. The summed E-state index contributed by atoms with van der Waals surface area (Å²) in [6.45, 7) is 0. The lowest BCUT2D eigenvalue weighted by molar-refractivity contribution is 0.624. The predicted octanol–water partition coefficient (Wildman–Crippen LogP) is 2.22. The first-order chi connectivity index (χ1) is 8.63. The molecule has 18 heavy (non-hydrogen) atoms. The molecule has 0 aliphatic heterocycles. The molecule has 5 heteroatoms. The van der Waals surface area contributed by atoms with E-state index in [2.05, 4.69) is 5.10 Å². The minimum Gasteiger partial charge on any atom is -0.327 e. The molecule has 2 aromatic rings. The SMILES string of the molecule is Cn1cc(CC(N)CSc2cccc(F)c2)cn1. The summed E-state index contributed by atoms with van der Waals surface area (Å²) in [5.41, 5.74) is 7.18. The fraction of sp³-hybridized carbons (Fsp3) is 0.308. The third-order valence-corrected chi connectivity index (χ3v) is 3.70. The number of benzene rings is 1. The van der Waals surface area contributed by atoms with Gasteiger partial charge in [0.1, 0.15) is 5.82 Å². The van der Waals surface area contributed by atoms with E-state index in [9.17, 15) is 4.39 Å². The van der Waals surface area contributed by atoms with Gasteiger partial charge in [-0.2, -0.15) is 5.10 Å². The molecule has 0 aliphatic carbocycles. The first-order valence-corrected chi connectivity index (χ1v) is 6.73. The summed E-state index contributed by atoms with van der Waals surface area (Å²) in [6.07, 6.45) is 4.58. The van der Waals surface area contributed by atoms with Gasteiger partial charge in [0.05, 0.1) is 6.20 Å². The number of hydrogen-bond acceptors (Lipinski definition) is 3. The standard InChI is InChI=1S/C13H16FN3S/c1-17-8-10(7-16-17)5-12(15)9-18-13-4-2-3-11(14)6-13/h2-4,6-8,12H,5,9,15H2,1H3. The quantitative estimate of drug-likeness (QED) is 0.843. The second-order valence-electron chi connectivity index (χ2n) is 4.25. The lowest BCUT2D eigenvalue weighted by Crippen LogP contribution is -2.25. The van der Waals surface area contributed by atoms with Gasteiger partial charge in [-0.15, -0.1) is 11.8 Å². The predicted molar refractivity (Wildman–Crippen MR) is 72.0 cm³/mol. The molecule has 1 aromatic carbocycles. The van der Waals surface area contributed by atoms with E-state index in [1.807, 2.05) is 25.5 Å². The Morgan fingerprint density at radius 3 is 3.00 bits per heavy atom. The largest absolute Gasteiger partial charge is 0.327 e. The van der Waals surface area contributed by atoms with Crippen LogP contribution in [0.1, 0.15) is 5.56 Å². The maximum atomic E-state index is 13.0. The van der Waals surface area contributed by atoms with Crippen LogP contribution < -0.4 is 5.73 Å². The minimum absolute atomic E-state index is 0.0440. The lowest BCUT2D eigenvalue weighted by atomic mass is 10.1. The Bertz CT molecular complexity index is 512. The van der Waals surface area contributed by atoms with Crippen LogP contribution in [0.3, 0.4) is 0 Å². The molecule has 0 saturated heterocycles. The van der Waals surface area contributed by atoms with Gasteiger partial charge in [0.25, 0.3) is 0 Å². The molecule has 96 valence electrons. The van der Waals surface area contributed by atoms with Gasteiger partial charge >= 0.3 is 0 Å². The van der Waals surface area contributed by atoms with Crippen molar-refractivity contribution in [3.8, 4) is 0 Å². The molecule has 0 bridgehead atoms. The summed E-state index contributed by atoms with van der Waals surface area (Å²) in [7, 11) is 1.89. The van der Waals surface area contributed by atoms with Gasteiger partial charge in [-0.3, -0.25) is 4.68 Å². The lowest BCUT2D eigenvalue weighted by Gasteiger charge is -2.09. The number of nitrogens with zero attached hydrogens (tertiary/aromatic N) is 2. The monoisotopic (exact) mass is 265 g/mol. The number of aromatic nitrogens is 2. The third-order valence-electron chi connectivity index (χ3n) is 2.52. The van der Waals surface area contributed by atoms with Crippen molar-refractivity contribution in [1.82, 2.24) is 9.78 Å². The van der Waals surface area contributed by atoms with Gasteiger partial charge in [-0.25, -0.2) is 4.39 Å². The van der Waals surface area contributed by atoms with E-state index in [0.29, 0.717) is 0 Å². The van der Waals surface area contributed by atoms with E-state index in [0.717, 1.165) is 22.6 Å². The number of halogens is 1. The molecule has 1 unspecified atom stereocenters. The van der Waals surface area contributed by atoms with E-state index in [1.165, 1.54) is 12.1 Å². The third kappa shape index (κ3) is 3.85. The van der Waals surface area contributed by atoms with Crippen molar-refractivity contribution in [2.24, 2.45) is 12.8 Å². The first kappa shape index (κ1) is 13.1. The first-order valence-electron chi connectivity index (χ1n) is 5.75. The molecule has 1 heterocycles. The minimum atomic E-state index is -0.208. The molecule has 2 N–H and O–H groups in total. The van der Waals surface area contributed by atoms with Crippen LogP contribution in [0.5, 0.6) is 0 Å². The Morgan fingerprint density at radius 1 is 1.50 bits per heavy atom. The molecule has 3 nitrogen and oxygen atoms in total. The molecular weight excluding hydrogens is 249 g/mol. The smallest absolute Gasteiger partial charge is 0.124 e. The Balaban J connectivity index is 1.83. The summed E-state index contributed by atoms with van der Waals surface area (Å²) in [5, 5.41) is 4.10. The molecular formula is C13H16FN3S. The highest BCUT2D eigenvalue weighted by atomic mass is 32.2. The van der Waals surface area contributed by atoms with Crippen LogP contribution >= 0.6 is 11.8 Å². The second kappa shape index (κ2) is 6.02. The number of hydrogen-bond donors (Lipinski definition) is 1. The van der Waals surface area contributed by atoms with Crippen LogP contribution in [0.25, 0.3) is 0 Å². The summed E-state index contributed by atoms with van der Waals surface area (Å²) in [4.78, 5) is 0.914. The summed E-state index contributed by atoms with van der Waals surface area (Å²) in [5.74, 6) is 0.555. The molecule has 0 radical (unpaired) electrons. The van der Waals surface area contributed by atoms with E-state index >= 15 is 0 Å². The normalized spacial score (nSPS) is 12.6. The average molecular weight is 265 g/mol. The highest BCUT2D eigenvalue weighted by Gasteiger charge is 2.07. The molecule has 0 aliphatic rings. The zero-order valence-corrected chi connectivity index (χ0v) is 11.0. The Labute approximate surface area is 110 Å². The van der Waals surface area contributed by atoms with E-state index in [1.54, 1.807) is 22.5 Å². The number of rotatable bonds is 5. The van der Waals surface area contributed by atoms with Gasteiger partial charge in [-0.1, -0.05) is 6.07 Å². The molecule has 1 atom stereocenters. The molecule has 0 fully saturated rings. The Hall–Kier alpha value is -1.33. The summed E-state index contributed by atoms with van der Waals surface area (Å²) >= 11 is 1.58. The van der Waals surface area contributed by atoms with Crippen molar-refractivity contribution >= 4 is 11.8 Å². The number of aryl methyl sites for hydroxylation is 1. The fourth-order valence-electron chi connectivity index (χ4n) is 1.70. The zero-order chi connectivity index (χ0) is 13.0. The van der Waals surface area contributed by atoms with Gasteiger partial charge < -0.3 is 5.73 Å². The van der Waals surface area contributed by atoms with Crippen LogP contribution in [0.2, 0.25) is 0 Å². The number of thioether (sulfide) groups is 1. The van der Waals surface area contributed by atoms with Gasteiger partial charge in [0.15, 0.2) is 0 Å². The van der Waals surface area contributed by atoms with Crippen LogP contribution in [-0.4, -0.2) is 21.6 Å². The van der Waals surface area contributed by atoms with Gasteiger partial charge in [0.2, 0.25) is 0 Å². The van der Waals surface area contributed by atoms with E-state index < -0.39 is 0 Å². The molecule has 1 aromatic heterocycles. The molecule has 2 rings (SSSR count). The van der Waals surface area contributed by atoms with Crippen LogP contribution in [0.4, 0.5) is 4.39 Å². The fourth-order valence-corrected chi connectivity index (χ4v) is 2.59. The topological polar surface area (TPSA) is 43.8 Å². The maximum Gasteiger partial charge on any atom is 0.124 e. The summed E-state index contributed by atoms with van der Waals surface area (Å²) in [6, 6.07) is 6.62. The number of nitrogens with two attached hydrogens (primary N) is 1. The Kier molecular flexibility index (Phi) is 4.38. The van der Waals surface area contributed by atoms with Crippen molar-refractivity contribution in [2.45, 2.75) is 17.4 Å². The van der Waals surface area contributed by atoms with Crippen molar-refractivity contribution in [3.63, 3.8) is 0 Å². The molecule has 0 amide bonds. The summed E-state index contributed by atoms with van der Waals surface area (Å²) < 4.78 is 14.8. The van der Waals surface area contributed by atoms with Crippen LogP contribution in [0, 0.1) is 5.82 Å².